The van der Waals surface area contributed by atoms with Crippen molar-refractivity contribution in [3.8, 4) is 11.1 Å². The average molecular weight is 457 g/mol. The number of fused-ring (bicyclic) bond motifs is 3. The Morgan fingerprint density at radius 1 is 1.12 bits per heavy atom. The molecule has 6 rings (SSSR count). The van der Waals surface area contributed by atoms with Gasteiger partial charge >= 0.3 is 0 Å². The molecule has 4 aromatic rings. The van der Waals surface area contributed by atoms with Gasteiger partial charge in [0.15, 0.2) is 0 Å². The fourth-order valence-electron chi connectivity index (χ4n) is 5.92. The van der Waals surface area contributed by atoms with Crippen molar-refractivity contribution in [1.82, 2.24) is 9.72 Å². The van der Waals surface area contributed by atoms with Crippen LogP contribution < -0.4 is 10.6 Å². The molecule has 2 fully saturated rings. The van der Waals surface area contributed by atoms with E-state index in [2.05, 4.69) is 45.9 Å². The summed E-state index contributed by atoms with van der Waals surface area (Å²) in [5.41, 5.74) is 12.6. The van der Waals surface area contributed by atoms with Gasteiger partial charge in [-0.2, -0.15) is 0 Å². The number of hydrogen-bond acceptors (Lipinski definition) is 4. The molecule has 2 heterocycles. The highest BCUT2D eigenvalue weighted by Crippen LogP contribution is 2.41. The number of rotatable bonds is 6. The van der Waals surface area contributed by atoms with E-state index >= 15 is 0 Å². The maximum absolute atomic E-state index is 12.7. The van der Waals surface area contributed by atoms with Crippen LogP contribution in [0, 0.1) is 19.8 Å². The first-order valence-corrected chi connectivity index (χ1v) is 12.5. The van der Waals surface area contributed by atoms with Gasteiger partial charge in [0.25, 0.3) is 5.91 Å². The highest BCUT2D eigenvalue weighted by atomic mass is 16.5. The molecule has 1 amide bonds. The molecule has 0 spiro atoms. The predicted octanol–water partition coefficient (Wildman–Crippen LogP) is 5.95. The lowest BCUT2D eigenvalue weighted by molar-refractivity contribution is 0.100. The van der Waals surface area contributed by atoms with Crippen molar-refractivity contribution in [3.63, 3.8) is 0 Å². The van der Waals surface area contributed by atoms with Crippen LogP contribution in [0.15, 0.2) is 34.9 Å². The molecule has 2 N–H and O–H groups in total. The van der Waals surface area contributed by atoms with Gasteiger partial charge in [0.05, 0.1) is 22.3 Å². The Morgan fingerprint density at radius 2 is 1.88 bits per heavy atom. The van der Waals surface area contributed by atoms with Crippen molar-refractivity contribution >= 4 is 33.4 Å². The normalized spacial score (nSPS) is 16.7. The van der Waals surface area contributed by atoms with E-state index in [-0.39, 0.29) is 0 Å². The van der Waals surface area contributed by atoms with Crippen LogP contribution in [-0.4, -0.2) is 28.7 Å². The van der Waals surface area contributed by atoms with E-state index in [1.54, 1.807) is 0 Å². The Bertz CT molecular complexity index is 1400. The number of anilines is 1. The standard InChI is InChI=1S/C28H32N4O2/c1-16-26(17(2)34-30-16)19-12-23-22-11-10-21(31(3)20-6-4-5-7-20)14-25(22)32(15-18-8-9-18)27(23)24(13-19)28(29)33/h10-14,18,20H,4-9,15H2,1-3H3,(H2,29,33). The molecule has 0 bridgehead atoms. The van der Waals surface area contributed by atoms with Crippen LogP contribution in [0.25, 0.3) is 32.9 Å². The maximum Gasteiger partial charge on any atom is 0.250 e. The fraction of sp³-hybridized carbons (Fsp3) is 0.429. The molecule has 2 aromatic carbocycles. The Balaban J connectivity index is 1.61. The first kappa shape index (κ1) is 21.3. The lowest BCUT2D eigenvalue weighted by Gasteiger charge is -2.26. The number of amides is 1. The van der Waals surface area contributed by atoms with Crippen LogP contribution in [0.1, 0.15) is 60.3 Å². The van der Waals surface area contributed by atoms with Gasteiger partial charge in [-0.1, -0.05) is 24.1 Å². The highest BCUT2D eigenvalue weighted by molar-refractivity contribution is 6.17. The zero-order valence-corrected chi connectivity index (χ0v) is 20.2. The molecule has 2 aromatic heterocycles. The number of carbonyl (C=O) groups is 1. The Morgan fingerprint density at radius 3 is 2.53 bits per heavy atom. The molecule has 2 aliphatic carbocycles. The zero-order chi connectivity index (χ0) is 23.6. The van der Waals surface area contributed by atoms with Crippen molar-refractivity contribution in [2.75, 3.05) is 11.9 Å². The number of benzene rings is 2. The van der Waals surface area contributed by atoms with E-state index in [4.69, 9.17) is 10.3 Å². The minimum absolute atomic E-state index is 0.401. The molecule has 0 atom stereocenters. The third-order valence-corrected chi connectivity index (χ3v) is 7.95. The summed E-state index contributed by atoms with van der Waals surface area (Å²) < 4.78 is 7.78. The van der Waals surface area contributed by atoms with Gasteiger partial charge in [-0.15, -0.1) is 0 Å². The summed E-state index contributed by atoms with van der Waals surface area (Å²) in [6.45, 7) is 4.76. The molecule has 6 heteroatoms. The Labute approximate surface area is 199 Å². The number of nitrogens with two attached hydrogens (primary N) is 1. The maximum atomic E-state index is 12.7. The van der Waals surface area contributed by atoms with E-state index < -0.39 is 5.91 Å². The summed E-state index contributed by atoms with van der Waals surface area (Å²) in [6.07, 6.45) is 7.62. The number of aromatic nitrogens is 2. The van der Waals surface area contributed by atoms with E-state index in [9.17, 15) is 4.79 Å². The van der Waals surface area contributed by atoms with E-state index in [0.717, 1.165) is 45.4 Å². The quantitative estimate of drug-likeness (QED) is 0.389. The summed E-state index contributed by atoms with van der Waals surface area (Å²) >= 11 is 0. The second-order valence-corrected chi connectivity index (χ2v) is 10.3. The van der Waals surface area contributed by atoms with Gasteiger partial charge < -0.3 is 19.7 Å². The largest absolute Gasteiger partial charge is 0.372 e. The average Bonchev–Trinajstić information content (AvgIpc) is 3.22. The molecule has 176 valence electrons. The van der Waals surface area contributed by atoms with E-state index in [0.29, 0.717) is 17.5 Å². The van der Waals surface area contributed by atoms with Crippen LogP contribution in [-0.2, 0) is 6.54 Å². The van der Waals surface area contributed by atoms with Crippen molar-refractivity contribution in [3.05, 3.63) is 47.3 Å². The minimum atomic E-state index is -0.401. The third kappa shape index (κ3) is 3.39. The SMILES string of the molecule is Cc1noc(C)c1-c1cc(C(N)=O)c2c(c1)c1ccc(N(C)C3CCCC3)cc1n2CC1CC1. The summed E-state index contributed by atoms with van der Waals surface area (Å²) in [4.78, 5) is 15.2. The van der Waals surface area contributed by atoms with Gasteiger partial charge in [-0.05, 0) is 75.3 Å². The molecule has 0 unspecified atom stereocenters. The second-order valence-electron chi connectivity index (χ2n) is 10.3. The molecule has 2 saturated carbocycles. The summed E-state index contributed by atoms with van der Waals surface area (Å²) in [5, 5.41) is 6.36. The van der Waals surface area contributed by atoms with Gasteiger partial charge in [0.1, 0.15) is 5.76 Å². The molecule has 0 radical (unpaired) electrons. The minimum Gasteiger partial charge on any atom is -0.372 e. The number of primary amides is 1. The lowest BCUT2D eigenvalue weighted by atomic mass is 9.97. The van der Waals surface area contributed by atoms with Crippen LogP contribution >= 0.6 is 0 Å². The lowest BCUT2D eigenvalue weighted by Crippen LogP contribution is -2.28. The molecule has 0 aliphatic heterocycles. The number of carbonyl (C=O) groups excluding carboxylic acids is 1. The summed E-state index contributed by atoms with van der Waals surface area (Å²) in [6, 6.07) is 11.5. The van der Waals surface area contributed by atoms with Crippen molar-refractivity contribution < 1.29 is 9.32 Å². The van der Waals surface area contributed by atoms with Crippen LogP contribution in [0.2, 0.25) is 0 Å². The third-order valence-electron chi connectivity index (χ3n) is 7.95. The molecule has 0 saturated heterocycles. The molecule has 6 nitrogen and oxygen atoms in total. The van der Waals surface area contributed by atoms with Gasteiger partial charge in [0.2, 0.25) is 0 Å². The van der Waals surface area contributed by atoms with E-state index in [1.165, 1.54) is 49.7 Å². The molecule has 2 aliphatic rings. The second kappa shape index (κ2) is 7.90. The Kier molecular flexibility index (Phi) is 4.94. The fourth-order valence-corrected chi connectivity index (χ4v) is 5.92. The number of hydrogen-bond donors (Lipinski definition) is 1. The monoisotopic (exact) mass is 456 g/mol. The zero-order valence-electron chi connectivity index (χ0n) is 20.2. The van der Waals surface area contributed by atoms with Gasteiger partial charge in [-0.3, -0.25) is 4.79 Å². The van der Waals surface area contributed by atoms with Crippen LogP contribution in [0.4, 0.5) is 5.69 Å². The number of aryl methyl sites for hydroxylation is 2. The molecular weight excluding hydrogens is 424 g/mol. The summed E-state index contributed by atoms with van der Waals surface area (Å²) in [5.74, 6) is 1.01. The van der Waals surface area contributed by atoms with Crippen molar-refractivity contribution in [1.29, 1.82) is 0 Å². The van der Waals surface area contributed by atoms with Crippen molar-refractivity contribution in [2.24, 2.45) is 11.7 Å². The Hall–Kier alpha value is -3.28. The van der Waals surface area contributed by atoms with Crippen LogP contribution in [0.3, 0.4) is 0 Å². The molecular formula is C28H32N4O2. The summed E-state index contributed by atoms with van der Waals surface area (Å²) in [7, 11) is 2.22. The van der Waals surface area contributed by atoms with Crippen molar-refractivity contribution in [2.45, 2.75) is 65.0 Å². The van der Waals surface area contributed by atoms with Crippen LogP contribution in [0.5, 0.6) is 0 Å². The highest BCUT2D eigenvalue weighted by Gasteiger charge is 2.27. The topological polar surface area (TPSA) is 77.3 Å². The first-order chi connectivity index (χ1) is 16.4. The van der Waals surface area contributed by atoms with Gasteiger partial charge in [-0.25, -0.2) is 0 Å². The van der Waals surface area contributed by atoms with Gasteiger partial charge in [0, 0.05) is 41.7 Å². The number of nitrogens with zero attached hydrogens (tertiary/aromatic N) is 3. The smallest absolute Gasteiger partial charge is 0.250 e. The first-order valence-electron chi connectivity index (χ1n) is 12.5. The molecule has 34 heavy (non-hydrogen) atoms. The predicted molar refractivity (Wildman–Crippen MR) is 136 cm³/mol. The van der Waals surface area contributed by atoms with E-state index in [1.807, 2.05) is 19.9 Å².